The molecule has 16 heavy (non-hydrogen) atoms. The zero-order valence-corrected chi connectivity index (χ0v) is 9.10. The second kappa shape index (κ2) is 4.42. The van der Waals surface area contributed by atoms with Crippen LogP contribution in [0.2, 0.25) is 0 Å². The number of hydrogen-bond acceptors (Lipinski definition) is 4. The number of Topliss-reactive ketones (excluding diaryl/α,β-unsaturated/α-hetero) is 1. The lowest BCUT2D eigenvalue weighted by atomic mass is 10.0. The van der Waals surface area contributed by atoms with Gasteiger partial charge in [0.25, 0.3) is 5.91 Å². The third-order valence-electron chi connectivity index (χ3n) is 2.33. The number of ketones is 1. The molecular formula is C10H13NO5. The number of aliphatic carboxylic acids is 1. The molecule has 0 aromatic carbocycles. The zero-order chi connectivity index (χ0) is 12.5. The number of imide groups is 1. The highest BCUT2D eigenvalue weighted by Crippen LogP contribution is 2.18. The molecule has 6 nitrogen and oxygen atoms in total. The fourth-order valence-electron chi connectivity index (χ4n) is 1.62. The molecular weight excluding hydrogens is 214 g/mol. The predicted molar refractivity (Wildman–Crippen MR) is 52.4 cm³/mol. The summed E-state index contributed by atoms with van der Waals surface area (Å²) in [4.78, 5) is 45.2. The van der Waals surface area contributed by atoms with Gasteiger partial charge in [-0.2, -0.15) is 0 Å². The summed E-state index contributed by atoms with van der Waals surface area (Å²) < 4.78 is 0. The Morgan fingerprint density at radius 2 is 1.94 bits per heavy atom. The van der Waals surface area contributed by atoms with Crippen LogP contribution in [-0.4, -0.2) is 39.6 Å². The molecule has 1 saturated heterocycles. The van der Waals surface area contributed by atoms with Gasteiger partial charge in [0.2, 0.25) is 11.7 Å². The van der Waals surface area contributed by atoms with Crippen molar-refractivity contribution in [1.82, 2.24) is 4.90 Å². The molecule has 0 radical (unpaired) electrons. The first-order valence-electron chi connectivity index (χ1n) is 4.96. The summed E-state index contributed by atoms with van der Waals surface area (Å²) in [7, 11) is 0. The number of amides is 2. The lowest BCUT2D eigenvalue weighted by molar-refractivity contribution is -0.155. The van der Waals surface area contributed by atoms with Gasteiger partial charge in [-0.25, -0.2) is 4.79 Å². The van der Waals surface area contributed by atoms with Gasteiger partial charge in [-0.1, -0.05) is 13.8 Å². The first-order valence-corrected chi connectivity index (χ1v) is 4.96. The number of nitrogens with zero attached hydrogens (tertiary/aromatic N) is 1. The normalized spacial score (nSPS) is 18.4. The maximum absolute atomic E-state index is 11.3. The van der Waals surface area contributed by atoms with Crippen molar-refractivity contribution in [1.29, 1.82) is 0 Å². The third kappa shape index (κ3) is 2.26. The summed E-state index contributed by atoms with van der Waals surface area (Å²) in [5.74, 6) is -3.80. The second-order valence-electron chi connectivity index (χ2n) is 4.15. The minimum Gasteiger partial charge on any atom is -0.480 e. The molecule has 0 aromatic rings. The fourth-order valence-corrected chi connectivity index (χ4v) is 1.62. The molecule has 0 aromatic heterocycles. The largest absolute Gasteiger partial charge is 0.480 e. The molecule has 0 unspecified atom stereocenters. The van der Waals surface area contributed by atoms with E-state index < -0.39 is 36.0 Å². The highest BCUT2D eigenvalue weighted by molar-refractivity contribution is 6.47. The van der Waals surface area contributed by atoms with E-state index in [-0.39, 0.29) is 12.3 Å². The van der Waals surface area contributed by atoms with E-state index in [2.05, 4.69) is 0 Å². The Bertz CT molecular complexity index is 360. The number of hydrogen-bond donors (Lipinski definition) is 1. The highest BCUT2D eigenvalue weighted by Gasteiger charge is 2.44. The Labute approximate surface area is 92.2 Å². The van der Waals surface area contributed by atoms with Crippen LogP contribution in [0.1, 0.15) is 26.7 Å². The number of carbonyl (C=O) groups excluding carboxylic acids is 3. The number of rotatable bonds is 4. The molecule has 1 heterocycles. The van der Waals surface area contributed by atoms with Crippen LogP contribution in [-0.2, 0) is 19.2 Å². The number of likely N-dealkylation sites (tertiary alicyclic amines) is 1. The SMILES string of the molecule is CC(C)C[C@@H](C(=O)O)N1C(=O)CC(=O)C1=O. The summed E-state index contributed by atoms with van der Waals surface area (Å²) in [6.45, 7) is 3.56. The summed E-state index contributed by atoms with van der Waals surface area (Å²) in [5.41, 5.74) is 0. The second-order valence-corrected chi connectivity index (χ2v) is 4.15. The lowest BCUT2D eigenvalue weighted by Gasteiger charge is -2.22. The van der Waals surface area contributed by atoms with Crippen LogP contribution < -0.4 is 0 Å². The van der Waals surface area contributed by atoms with E-state index in [1.54, 1.807) is 13.8 Å². The van der Waals surface area contributed by atoms with Crippen molar-refractivity contribution in [3.05, 3.63) is 0 Å². The van der Waals surface area contributed by atoms with Crippen molar-refractivity contribution in [2.24, 2.45) is 5.92 Å². The quantitative estimate of drug-likeness (QED) is 0.408. The molecule has 0 saturated carbocycles. The predicted octanol–water partition coefficient (Wildman–Crippen LogP) is -0.186. The Hall–Kier alpha value is -1.72. The molecule has 2 amide bonds. The van der Waals surface area contributed by atoms with Gasteiger partial charge >= 0.3 is 5.97 Å². The van der Waals surface area contributed by atoms with Crippen LogP contribution in [0.15, 0.2) is 0 Å². The lowest BCUT2D eigenvalue weighted by Crippen LogP contribution is -2.46. The monoisotopic (exact) mass is 227 g/mol. The van der Waals surface area contributed by atoms with Gasteiger partial charge in [-0.3, -0.25) is 19.3 Å². The van der Waals surface area contributed by atoms with E-state index in [9.17, 15) is 19.2 Å². The van der Waals surface area contributed by atoms with E-state index in [1.165, 1.54) is 0 Å². The van der Waals surface area contributed by atoms with E-state index >= 15 is 0 Å². The van der Waals surface area contributed by atoms with Gasteiger partial charge in [-0.15, -0.1) is 0 Å². The molecule has 0 spiro atoms. The number of carbonyl (C=O) groups is 4. The first kappa shape index (κ1) is 12.4. The molecule has 88 valence electrons. The average molecular weight is 227 g/mol. The van der Waals surface area contributed by atoms with Crippen molar-refractivity contribution >= 4 is 23.6 Å². The maximum Gasteiger partial charge on any atom is 0.326 e. The van der Waals surface area contributed by atoms with Crippen molar-refractivity contribution in [2.75, 3.05) is 0 Å². The maximum atomic E-state index is 11.3. The number of carboxylic acid groups (broad SMARTS) is 1. The van der Waals surface area contributed by atoms with Gasteiger partial charge in [0.15, 0.2) is 0 Å². The van der Waals surface area contributed by atoms with Gasteiger partial charge in [0.05, 0.1) is 6.42 Å². The summed E-state index contributed by atoms with van der Waals surface area (Å²) >= 11 is 0. The Morgan fingerprint density at radius 1 is 1.38 bits per heavy atom. The minimum atomic E-state index is -1.26. The Morgan fingerprint density at radius 3 is 2.25 bits per heavy atom. The van der Waals surface area contributed by atoms with Gasteiger partial charge in [0, 0.05) is 0 Å². The van der Waals surface area contributed by atoms with Crippen LogP contribution >= 0.6 is 0 Å². The molecule has 1 N–H and O–H groups in total. The summed E-state index contributed by atoms with van der Waals surface area (Å²) in [6.07, 6.45) is -0.360. The topological polar surface area (TPSA) is 91.8 Å². The van der Waals surface area contributed by atoms with Crippen LogP contribution in [0, 0.1) is 5.92 Å². The smallest absolute Gasteiger partial charge is 0.326 e. The number of carboxylic acids is 1. The van der Waals surface area contributed by atoms with Gasteiger partial charge in [-0.05, 0) is 12.3 Å². The molecule has 0 aliphatic carbocycles. The molecule has 1 aliphatic heterocycles. The minimum absolute atomic E-state index is 0.0115. The van der Waals surface area contributed by atoms with Crippen LogP contribution in [0.25, 0.3) is 0 Å². The van der Waals surface area contributed by atoms with Crippen LogP contribution in [0.3, 0.4) is 0 Å². The molecule has 1 fully saturated rings. The molecule has 1 atom stereocenters. The van der Waals surface area contributed by atoms with Crippen molar-refractivity contribution in [3.8, 4) is 0 Å². The van der Waals surface area contributed by atoms with Crippen LogP contribution in [0.5, 0.6) is 0 Å². The molecule has 1 aliphatic rings. The van der Waals surface area contributed by atoms with Crippen LogP contribution in [0.4, 0.5) is 0 Å². The standard InChI is InChI=1S/C10H13NO5/c1-5(2)3-6(10(15)16)11-8(13)4-7(12)9(11)14/h5-6H,3-4H2,1-2H3,(H,15,16)/t6-/m0/s1. The third-order valence-corrected chi connectivity index (χ3v) is 2.33. The van der Waals surface area contributed by atoms with E-state index in [4.69, 9.17) is 5.11 Å². The Kier molecular flexibility index (Phi) is 3.41. The fraction of sp³-hybridized carbons (Fsp3) is 0.600. The van der Waals surface area contributed by atoms with E-state index in [1.807, 2.05) is 0 Å². The molecule has 6 heteroatoms. The van der Waals surface area contributed by atoms with Gasteiger partial charge in [0.1, 0.15) is 6.04 Å². The van der Waals surface area contributed by atoms with Crippen molar-refractivity contribution in [2.45, 2.75) is 32.7 Å². The molecule has 0 bridgehead atoms. The van der Waals surface area contributed by atoms with Gasteiger partial charge < -0.3 is 5.11 Å². The van der Waals surface area contributed by atoms with Crippen molar-refractivity contribution in [3.63, 3.8) is 0 Å². The molecule has 1 rings (SSSR count). The van der Waals surface area contributed by atoms with Crippen molar-refractivity contribution < 1.29 is 24.3 Å². The van der Waals surface area contributed by atoms with E-state index in [0.717, 1.165) is 0 Å². The highest BCUT2D eigenvalue weighted by atomic mass is 16.4. The Balaban J connectivity index is 2.94. The average Bonchev–Trinajstić information content (AvgIpc) is 2.38. The zero-order valence-electron chi connectivity index (χ0n) is 9.10. The summed E-state index contributed by atoms with van der Waals surface area (Å²) in [6, 6.07) is -1.23. The summed E-state index contributed by atoms with van der Waals surface area (Å²) in [5, 5.41) is 8.95. The first-order chi connectivity index (χ1) is 7.34. The van der Waals surface area contributed by atoms with E-state index in [0.29, 0.717) is 4.90 Å².